The quantitative estimate of drug-likeness (QED) is 0.666. The van der Waals surface area contributed by atoms with Crippen LogP contribution in [0, 0.1) is 12.7 Å². The van der Waals surface area contributed by atoms with Gasteiger partial charge in [-0.1, -0.05) is 18.2 Å². The van der Waals surface area contributed by atoms with Crippen LogP contribution in [0.2, 0.25) is 0 Å². The fraction of sp³-hybridized carbons (Fsp3) is 0.0667. The normalized spacial score (nSPS) is 10.7. The van der Waals surface area contributed by atoms with Crippen LogP contribution in [0.1, 0.15) is 21.5 Å². The molecule has 102 valence electrons. The van der Waals surface area contributed by atoms with E-state index in [1.54, 1.807) is 25.1 Å². The summed E-state index contributed by atoms with van der Waals surface area (Å²) in [6.07, 6.45) is 1.33. The average Bonchev–Trinajstić information content (AvgIpc) is 2.43. The van der Waals surface area contributed by atoms with Gasteiger partial charge in [0, 0.05) is 11.1 Å². The monoisotopic (exact) mass is 272 g/mol. The molecule has 0 aliphatic rings. The largest absolute Gasteiger partial charge is 0.507 e. The second kappa shape index (κ2) is 5.97. The lowest BCUT2D eigenvalue weighted by molar-refractivity contribution is 0.0954. The first-order valence-electron chi connectivity index (χ1n) is 5.95. The Morgan fingerprint density at radius 1 is 1.30 bits per heavy atom. The van der Waals surface area contributed by atoms with Crippen molar-refractivity contribution in [3.05, 3.63) is 65.0 Å². The maximum Gasteiger partial charge on any atom is 0.271 e. The third-order valence-electron chi connectivity index (χ3n) is 2.73. The van der Waals surface area contributed by atoms with E-state index in [-0.39, 0.29) is 11.3 Å². The minimum Gasteiger partial charge on any atom is -0.507 e. The summed E-state index contributed by atoms with van der Waals surface area (Å²) in [6, 6.07) is 10.5. The molecule has 0 saturated heterocycles. The number of aryl methyl sites for hydroxylation is 1. The molecule has 0 saturated carbocycles. The number of para-hydroxylation sites is 1. The number of aromatic hydroxyl groups is 1. The van der Waals surface area contributed by atoms with Crippen molar-refractivity contribution < 1.29 is 14.3 Å². The van der Waals surface area contributed by atoms with Gasteiger partial charge in [0.1, 0.15) is 11.6 Å². The molecule has 2 aromatic rings. The van der Waals surface area contributed by atoms with Gasteiger partial charge in [0.15, 0.2) is 0 Å². The number of rotatable bonds is 3. The molecule has 0 aliphatic carbocycles. The van der Waals surface area contributed by atoms with E-state index in [9.17, 15) is 14.3 Å². The fourth-order valence-corrected chi connectivity index (χ4v) is 1.64. The highest BCUT2D eigenvalue weighted by atomic mass is 19.1. The molecule has 0 heterocycles. The predicted octanol–water partition coefficient (Wildman–Crippen LogP) is 2.60. The van der Waals surface area contributed by atoms with E-state index in [0.717, 1.165) is 6.07 Å². The van der Waals surface area contributed by atoms with Gasteiger partial charge in [-0.2, -0.15) is 5.10 Å². The third-order valence-corrected chi connectivity index (χ3v) is 2.73. The first-order chi connectivity index (χ1) is 9.58. The van der Waals surface area contributed by atoms with Crippen LogP contribution >= 0.6 is 0 Å². The number of halogens is 1. The van der Waals surface area contributed by atoms with Gasteiger partial charge in [-0.15, -0.1) is 0 Å². The lowest BCUT2D eigenvalue weighted by Crippen LogP contribution is -2.17. The van der Waals surface area contributed by atoms with Gasteiger partial charge in [-0.25, -0.2) is 9.82 Å². The highest BCUT2D eigenvalue weighted by molar-refractivity contribution is 5.95. The van der Waals surface area contributed by atoms with Crippen molar-refractivity contribution >= 4 is 12.1 Å². The minimum absolute atomic E-state index is 0.108. The predicted molar refractivity (Wildman–Crippen MR) is 74.3 cm³/mol. The molecule has 4 nitrogen and oxygen atoms in total. The summed E-state index contributed by atoms with van der Waals surface area (Å²) >= 11 is 0. The van der Waals surface area contributed by atoms with Crippen LogP contribution in [0.15, 0.2) is 47.6 Å². The zero-order valence-corrected chi connectivity index (χ0v) is 10.8. The van der Waals surface area contributed by atoms with E-state index >= 15 is 0 Å². The molecule has 2 rings (SSSR count). The summed E-state index contributed by atoms with van der Waals surface area (Å²) in [6.45, 7) is 1.76. The van der Waals surface area contributed by atoms with Crippen LogP contribution in [0.5, 0.6) is 5.75 Å². The molecule has 0 unspecified atom stereocenters. The fourth-order valence-electron chi connectivity index (χ4n) is 1.64. The van der Waals surface area contributed by atoms with E-state index in [4.69, 9.17) is 0 Å². The highest BCUT2D eigenvalue weighted by Crippen LogP contribution is 2.19. The van der Waals surface area contributed by atoms with Gasteiger partial charge in [-0.05, 0) is 36.8 Å². The standard InChI is InChI=1S/C15H13FN2O2/c1-10-4-2-6-12(14(10)19)9-17-18-15(20)11-5-3-7-13(16)8-11/h2-9,19H,1H3,(H,18,20)/b17-9-. The van der Waals surface area contributed by atoms with Crippen LogP contribution in [0.25, 0.3) is 0 Å². The van der Waals surface area contributed by atoms with E-state index < -0.39 is 11.7 Å². The molecule has 5 heteroatoms. The topological polar surface area (TPSA) is 61.7 Å². The van der Waals surface area contributed by atoms with E-state index in [1.807, 2.05) is 0 Å². The molecule has 1 amide bonds. The Morgan fingerprint density at radius 3 is 2.80 bits per heavy atom. The maximum atomic E-state index is 13.0. The molecule has 0 spiro atoms. The molecule has 0 aliphatic heterocycles. The number of hydrogen-bond donors (Lipinski definition) is 2. The number of phenolic OH excluding ortho intramolecular Hbond substituents is 1. The Morgan fingerprint density at radius 2 is 2.05 bits per heavy atom. The van der Waals surface area contributed by atoms with Crippen molar-refractivity contribution in [3.8, 4) is 5.75 Å². The van der Waals surface area contributed by atoms with Crippen LogP contribution in [0.4, 0.5) is 4.39 Å². The second-order valence-corrected chi connectivity index (χ2v) is 4.22. The number of amides is 1. The van der Waals surface area contributed by atoms with Crippen LogP contribution in [-0.4, -0.2) is 17.2 Å². The van der Waals surface area contributed by atoms with Crippen LogP contribution in [-0.2, 0) is 0 Å². The van der Waals surface area contributed by atoms with Gasteiger partial charge in [0.25, 0.3) is 5.91 Å². The average molecular weight is 272 g/mol. The van der Waals surface area contributed by atoms with Crippen molar-refractivity contribution in [2.45, 2.75) is 6.92 Å². The Hall–Kier alpha value is -2.69. The van der Waals surface area contributed by atoms with Crippen molar-refractivity contribution in [3.63, 3.8) is 0 Å². The molecule has 2 N–H and O–H groups in total. The third kappa shape index (κ3) is 3.20. The minimum atomic E-state index is -0.520. The molecular weight excluding hydrogens is 259 g/mol. The molecule has 0 bridgehead atoms. The summed E-state index contributed by atoms with van der Waals surface area (Å²) in [7, 11) is 0. The SMILES string of the molecule is Cc1cccc(/C=N\NC(=O)c2cccc(F)c2)c1O. The molecule has 0 atom stereocenters. The Kier molecular flexibility index (Phi) is 4.10. The van der Waals surface area contributed by atoms with Gasteiger partial charge in [-0.3, -0.25) is 4.79 Å². The number of nitrogens with zero attached hydrogens (tertiary/aromatic N) is 1. The van der Waals surface area contributed by atoms with Crippen LogP contribution in [0.3, 0.4) is 0 Å². The lowest BCUT2D eigenvalue weighted by Gasteiger charge is -2.02. The van der Waals surface area contributed by atoms with Crippen molar-refractivity contribution in [1.82, 2.24) is 5.43 Å². The Balaban J connectivity index is 2.07. The van der Waals surface area contributed by atoms with Gasteiger partial charge in [0.05, 0.1) is 6.21 Å². The molecule has 0 aromatic heterocycles. The number of carbonyl (C=O) groups excluding carboxylic acids is 1. The maximum absolute atomic E-state index is 13.0. The van der Waals surface area contributed by atoms with E-state index in [1.165, 1.54) is 24.4 Å². The first-order valence-corrected chi connectivity index (χ1v) is 5.95. The summed E-state index contributed by atoms with van der Waals surface area (Å²) in [5.41, 5.74) is 3.65. The Bertz CT molecular complexity index is 669. The zero-order chi connectivity index (χ0) is 14.5. The number of hydrazone groups is 1. The van der Waals surface area contributed by atoms with Crippen molar-refractivity contribution in [2.24, 2.45) is 5.10 Å². The lowest BCUT2D eigenvalue weighted by atomic mass is 10.1. The Labute approximate surface area is 115 Å². The molecule has 2 aromatic carbocycles. The summed E-state index contributed by atoms with van der Waals surface area (Å²) in [5.74, 6) is -0.901. The number of nitrogens with one attached hydrogen (secondary N) is 1. The summed E-state index contributed by atoms with van der Waals surface area (Å²) in [5, 5.41) is 13.5. The summed E-state index contributed by atoms with van der Waals surface area (Å²) < 4.78 is 13.0. The molecular formula is C15H13FN2O2. The summed E-state index contributed by atoms with van der Waals surface area (Å²) in [4.78, 5) is 11.7. The molecule has 0 fully saturated rings. The second-order valence-electron chi connectivity index (χ2n) is 4.22. The van der Waals surface area contributed by atoms with Gasteiger partial charge < -0.3 is 5.11 Å². The first kappa shape index (κ1) is 13.7. The molecule has 20 heavy (non-hydrogen) atoms. The van der Waals surface area contributed by atoms with E-state index in [0.29, 0.717) is 11.1 Å². The number of carbonyl (C=O) groups is 1. The number of benzene rings is 2. The van der Waals surface area contributed by atoms with Gasteiger partial charge in [0.2, 0.25) is 0 Å². The van der Waals surface area contributed by atoms with Crippen LogP contribution < -0.4 is 5.43 Å². The smallest absolute Gasteiger partial charge is 0.271 e. The number of hydrogen-bond acceptors (Lipinski definition) is 3. The molecule has 0 radical (unpaired) electrons. The number of phenols is 1. The van der Waals surface area contributed by atoms with Crippen molar-refractivity contribution in [1.29, 1.82) is 0 Å². The van der Waals surface area contributed by atoms with Crippen molar-refractivity contribution in [2.75, 3.05) is 0 Å². The van der Waals surface area contributed by atoms with Gasteiger partial charge >= 0.3 is 0 Å². The zero-order valence-electron chi connectivity index (χ0n) is 10.8. The van der Waals surface area contributed by atoms with E-state index in [2.05, 4.69) is 10.5 Å². The highest BCUT2D eigenvalue weighted by Gasteiger charge is 2.05.